The summed E-state index contributed by atoms with van der Waals surface area (Å²) in [5.74, 6) is 6.58. The van der Waals surface area contributed by atoms with Gasteiger partial charge in [-0.05, 0) is 26.0 Å². The van der Waals surface area contributed by atoms with Crippen molar-refractivity contribution in [3.8, 4) is 5.75 Å². The lowest BCUT2D eigenvalue weighted by Gasteiger charge is -2.07. The van der Waals surface area contributed by atoms with E-state index >= 15 is 0 Å². The number of nitrogens with two attached hydrogens (primary N) is 1. The van der Waals surface area contributed by atoms with Gasteiger partial charge in [0, 0.05) is 5.56 Å². The molecule has 0 saturated heterocycles. The lowest BCUT2D eigenvalue weighted by atomic mass is 10.2. The van der Waals surface area contributed by atoms with Crippen LogP contribution in [-0.2, 0) is 6.61 Å². The third-order valence-electron chi connectivity index (χ3n) is 2.98. The number of benzene rings is 1. The van der Waals surface area contributed by atoms with E-state index in [-0.39, 0.29) is 12.5 Å². The van der Waals surface area contributed by atoms with Crippen LogP contribution < -0.4 is 16.0 Å². The first-order valence-corrected chi connectivity index (χ1v) is 6.60. The van der Waals surface area contributed by atoms with E-state index in [4.69, 9.17) is 15.0 Å². The van der Waals surface area contributed by atoms with Gasteiger partial charge in [-0.3, -0.25) is 10.2 Å². The maximum atomic E-state index is 11.5. The molecule has 0 fully saturated rings. The summed E-state index contributed by atoms with van der Waals surface area (Å²) in [6, 6.07) is 9.34. The molecule has 0 radical (unpaired) electrons. The molecule has 0 aliphatic heterocycles. The van der Waals surface area contributed by atoms with Gasteiger partial charge < -0.3 is 9.15 Å². The van der Waals surface area contributed by atoms with Crippen LogP contribution in [0.3, 0.4) is 0 Å². The Hall–Kier alpha value is -2.53. The van der Waals surface area contributed by atoms with E-state index in [1.807, 2.05) is 43.3 Å². The van der Waals surface area contributed by atoms with Crippen molar-refractivity contribution in [1.29, 1.82) is 0 Å². The summed E-state index contributed by atoms with van der Waals surface area (Å²) in [6.07, 6.45) is 3.92. The molecule has 0 spiro atoms. The maximum Gasteiger partial charge on any atom is 0.268 e. The molecule has 1 amide bonds. The van der Waals surface area contributed by atoms with Crippen LogP contribution in [0.1, 0.15) is 34.4 Å². The number of furan rings is 1. The average molecular weight is 286 g/mol. The molecule has 1 heterocycles. The number of nitrogens with one attached hydrogen (secondary N) is 1. The summed E-state index contributed by atoms with van der Waals surface area (Å²) in [5, 5.41) is 0. The molecule has 2 aromatic rings. The summed E-state index contributed by atoms with van der Waals surface area (Å²) in [6.45, 7) is 3.90. The van der Waals surface area contributed by atoms with Crippen molar-refractivity contribution in [3.05, 3.63) is 59.1 Å². The second-order valence-corrected chi connectivity index (χ2v) is 4.48. The zero-order chi connectivity index (χ0) is 15.2. The molecular weight excluding hydrogens is 268 g/mol. The summed E-state index contributed by atoms with van der Waals surface area (Å²) in [4.78, 5) is 11.5. The van der Waals surface area contributed by atoms with Crippen LogP contribution >= 0.6 is 0 Å². The molecule has 0 aliphatic carbocycles. The largest absolute Gasteiger partial charge is 0.485 e. The Morgan fingerprint density at radius 1 is 1.43 bits per heavy atom. The van der Waals surface area contributed by atoms with Crippen LogP contribution in [0, 0.1) is 6.92 Å². The minimum atomic E-state index is -0.378. The lowest BCUT2D eigenvalue weighted by molar-refractivity contribution is 0.0952. The van der Waals surface area contributed by atoms with Crippen LogP contribution in [0.5, 0.6) is 5.75 Å². The third-order valence-corrected chi connectivity index (χ3v) is 2.98. The monoisotopic (exact) mass is 286 g/mol. The van der Waals surface area contributed by atoms with E-state index in [9.17, 15) is 4.79 Å². The molecule has 3 N–H and O–H groups in total. The predicted molar refractivity (Wildman–Crippen MR) is 80.6 cm³/mol. The first kappa shape index (κ1) is 14.9. The van der Waals surface area contributed by atoms with Gasteiger partial charge in [0.2, 0.25) is 0 Å². The van der Waals surface area contributed by atoms with Crippen molar-refractivity contribution in [2.75, 3.05) is 0 Å². The number of para-hydroxylation sites is 1. The molecule has 110 valence electrons. The van der Waals surface area contributed by atoms with Gasteiger partial charge in [0.05, 0.1) is 5.56 Å². The van der Waals surface area contributed by atoms with Crippen LogP contribution in [0.2, 0.25) is 0 Å². The highest BCUT2D eigenvalue weighted by atomic mass is 16.5. The number of amides is 1. The average Bonchev–Trinajstić information content (AvgIpc) is 2.87. The summed E-state index contributed by atoms with van der Waals surface area (Å²) in [7, 11) is 0. The zero-order valence-corrected chi connectivity index (χ0v) is 12.1. The van der Waals surface area contributed by atoms with Crippen LogP contribution in [0.15, 0.2) is 40.8 Å². The summed E-state index contributed by atoms with van der Waals surface area (Å²) in [5.41, 5.74) is 3.49. The van der Waals surface area contributed by atoms with E-state index in [1.165, 1.54) is 0 Å². The molecule has 0 aliphatic rings. The number of carbonyl (C=O) groups is 1. The fourth-order valence-corrected chi connectivity index (χ4v) is 2.00. The van der Waals surface area contributed by atoms with Crippen molar-refractivity contribution in [1.82, 2.24) is 5.43 Å². The molecule has 0 atom stereocenters. The minimum absolute atomic E-state index is 0.243. The molecule has 1 aromatic carbocycles. The van der Waals surface area contributed by atoms with Crippen molar-refractivity contribution in [2.24, 2.45) is 5.84 Å². The molecule has 21 heavy (non-hydrogen) atoms. The highest BCUT2D eigenvalue weighted by Gasteiger charge is 2.14. The topological polar surface area (TPSA) is 77.5 Å². The number of ether oxygens (including phenoxy) is 1. The molecule has 2 rings (SSSR count). The quantitative estimate of drug-likeness (QED) is 0.503. The standard InChI is InChI=1S/C16H18N2O3/c1-3-6-12-7-4-5-8-15(12)20-10-13-9-14(11(2)21-13)16(19)18-17/h3-9H,10,17H2,1-2H3,(H,18,19). The van der Waals surface area contributed by atoms with Crippen molar-refractivity contribution >= 4 is 12.0 Å². The summed E-state index contributed by atoms with van der Waals surface area (Å²) < 4.78 is 11.2. The van der Waals surface area contributed by atoms with Crippen LogP contribution in [0.25, 0.3) is 6.08 Å². The number of hydrazine groups is 1. The number of hydrogen-bond donors (Lipinski definition) is 2. The van der Waals surface area contributed by atoms with Crippen molar-refractivity contribution in [3.63, 3.8) is 0 Å². The fraction of sp³-hybridized carbons (Fsp3) is 0.188. The van der Waals surface area contributed by atoms with Gasteiger partial charge in [0.25, 0.3) is 5.91 Å². The molecule has 0 saturated carbocycles. The third kappa shape index (κ3) is 3.52. The number of nitrogen functional groups attached to an aromatic ring is 1. The van der Waals surface area contributed by atoms with Crippen molar-refractivity contribution < 1.29 is 13.9 Å². The van der Waals surface area contributed by atoms with Crippen LogP contribution in [-0.4, -0.2) is 5.91 Å². The molecule has 0 unspecified atom stereocenters. The zero-order valence-electron chi connectivity index (χ0n) is 12.1. The smallest absolute Gasteiger partial charge is 0.268 e. The molecule has 5 heteroatoms. The Bertz CT molecular complexity index is 659. The Morgan fingerprint density at radius 2 is 2.19 bits per heavy atom. The first-order chi connectivity index (χ1) is 10.2. The van der Waals surface area contributed by atoms with Crippen LogP contribution in [0.4, 0.5) is 0 Å². The van der Waals surface area contributed by atoms with Gasteiger partial charge in [-0.1, -0.05) is 30.4 Å². The molecular formula is C16H18N2O3. The molecule has 5 nitrogen and oxygen atoms in total. The Labute approximate surface area is 123 Å². The highest BCUT2D eigenvalue weighted by Crippen LogP contribution is 2.22. The molecule has 0 bridgehead atoms. The number of aryl methyl sites for hydroxylation is 1. The van der Waals surface area contributed by atoms with Gasteiger partial charge >= 0.3 is 0 Å². The number of carbonyl (C=O) groups excluding carboxylic acids is 1. The second kappa shape index (κ2) is 6.76. The first-order valence-electron chi connectivity index (χ1n) is 6.60. The summed E-state index contributed by atoms with van der Waals surface area (Å²) >= 11 is 0. The Morgan fingerprint density at radius 3 is 2.90 bits per heavy atom. The Kier molecular flexibility index (Phi) is 4.79. The normalized spacial score (nSPS) is 10.8. The van der Waals surface area contributed by atoms with E-state index in [1.54, 1.807) is 13.0 Å². The van der Waals surface area contributed by atoms with Gasteiger partial charge in [-0.25, -0.2) is 5.84 Å². The highest BCUT2D eigenvalue weighted by molar-refractivity contribution is 5.94. The van der Waals surface area contributed by atoms with Gasteiger partial charge in [0.1, 0.15) is 23.9 Å². The van der Waals surface area contributed by atoms with Gasteiger partial charge in [0.15, 0.2) is 0 Å². The lowest BCUT2D eigenvalue weighted by Crippen LogP contribution is -2.30. The van der Waals surface area contributed by atoms with E-state index in [0.29, 0.717) is 17.1 Å². The van der Waals surface area contributed by atoms with E-state index in [2.05, 4.69) is 5.43 Å². The van der Waals surface area contributed by atoms with Gasteiger partial charge in [-0.15, -0.1) is 0 Å². The number of hydrogen-bond acceptors (Lipinski definition) is 4. The van der Waals surface area contributed by atoms with E-state index < -0.39 is 0 Å². The minimum Gasteiger partial charge on any atom is -0.485 e. The number of allylic oxidation sites excluding steroid dienone is 1. The molecule has 1 aromatic heterocycles. The second-order valence-electron chi connectivity index (χ2n) is 4.48. The SMILES string of the molecule is CC=Cc1ccccc1OCc1cc(C(=O)NN)c(C)o1. The van der Waals surface area contributed by atoms with Crippen molar-refractivity contribution in [2.45, 2.75) is 20.5 Å². The predicted octanol–water partition coefficient (Wildman–Crippen LogP) is 2.80. The Balaban J connectivity index is 2.12. The van der Waals surface area contributed by atoms with Gasteiger partial charge in [-0.2, -0.15) is 0 Å². The fourth-order valence-electron chi connectivity index (χ4n) is 2.00. The maximum absolute atomic E-state index is 11.5. The van der Waals surface area contributed by atoms with E-state index in [0.717, 1.165) is 11.3 Å². The number of rotatable bonds is 5.